The van der Waals surface area contributed by atoms with Gasteiger partial charge in [0.2, 0.25) is 11.3 Å². The van der Waals surface area contributed by atoms with Crippen LogP contribution in [0.4, 0.5) is 0 Å². The zero-order valence-electron chi connectivity index (χ0n) is 22.1. The highest BCUT2D eigenvalue weighted by Gasteiger charge is 2.33. The molecule has 0 amide bonds. The van der Waals surface area contributed by atoms with Crippen molar-refractivity contribution in [3.05, 3.63) is 81.9 Å². The van der Waals surface area contributed by atoms with Gasteiger partial charge in [-0.3, -0.25) is 9.59 Å². The van der Waals surface area contributed by atoms with E-state index in [0.717, 1.165) is 16.7 Å². The van der Waals surface area contributed by atoms with Crippen LogP contribution in [0, 0.1) is 13.8 Å². The van der Waals surface area contributed by atoms with Crippen LogP contribution in [0.3, 0.4) is 0 Å². The number of benzene rings is 3. The summed E-state index contributed by atoms with van der Waals surface area (Å²) in [5, 5.41) is 0.0637. The molecule has 0 saturated heterocycles. The molecule has 190 valence electrons. The topological polar surface area (TPSA) is 78.9 Å². The minimum absolute atomic E-state index is 0.0129. The molecular weight excluding hydrogens is 475 g/mol. The van der Waals surface area contributed by atoms with Gasteiger partial charge in [-0.15, -0.1) is 0 Å². The van der Waals surface area contributed by atoms with Crippen molar-refractivity contribution in [3.63, 3.8) is 0 Å². The predicted molar refractivity (Wildman–Crippen MR) is 144 cm³/mol. The maximum absolute atomic E-state index is 13.9. The lowest BCUT2D eigenvalue weighted by Gasteiger charge is -2.22. The normalized spacial score (nSPS) is 12.1. The van der Waals surface area contributed by atoms with Crippen LogP contribution in [-0.4, -0.2) is 32.6 Å². The Kier molecular flexibility index (Phi) is 8.10. The molecule has 0 saturated carbocycles. The highest BCUT2D eigenvalue weighted by Crippen LogP contribution is 2.43. The molecular formula is C29H33O6P. The fourth-order valence-electron chi connectivity index (χ4n) is 4.28. The van der Waals surface area contributed by atoms with Crippen molar-refractivity contribution in [2.45, 2.75) is 40.0 Å². The van der Waals surface area contributed by atoms with Crippen molar-refractivity contribution in [1.29, 1.82) is 0 Å². The minimum atomic E-state index is -3.18. The molecule has 0 N–H and O–H groups in total. The lowest BCUT2D eigenvalue weighted by molar-refractivity contribution is 0.103. The maximum Gasteiger partial charge on any atom is 0.223 e. The summed E-state index contributed by atoms with van der Waals surface area (Å²) >= 11 is 0. The molecule has 0 fully saturated rings. The van der Waals surface area contributed by atoms with Gasteiger partial charge in [-0.2, -0.15) is 0 Å². The van der Waals surface area contributed by atoms with Crippen molar-refractivity contribution in [1.82, 2.24) is 0 Å². The van der Waals surface area contributed by atoms with Crippen LogP contribution in [0.2, 0.25) is 0 Å². The van der Waals surface area contributed by atoms with Crippen molar-refractivity contribution in [2.24, 2.45) is 0 Å². The first kappa shape index (κ1) is 27.2. The second-order valence-electron chi connectivity index (χ2n) is 9.65. The summed E-state index contributed by atoms with van der Waals surface area (Å²) in [6.45, 7) is 9.99. The van der Waals surface area contributed by atoms with E-state index in [1.807, 2.05) is 26.0 Å². The van der Waals surface area contributed by atoms with Gasteiger partial charge in [-0.05, 0) is 36.0 Å². The average molecular weight is 509 g/mol. The van der Waals surface area contributed by atoms with E-state index in [4.69, 9.17) is 14.2 Å². The van der Waals surface area contributed by atoms with Gasteiger partial charge in [0.15, 0.2) is 7.80 Å². The molecule has 0 heterocycles. The smallest absolute Gasteiger partial charge is 0.223 e. The van der Waals surface area contributed by atoms with E-state index in [0.29, 0.717) is 11.1 Å². The van der Waals surface area contributed by atoms with Crippen molar-refractivity contribution >= 4 is 24.4 Å². The number of aryl methyl sites for hydroxylation is 2. The van der Waals surface area contributed by atoms with Gasteiger partial charge in [-0.25, -0.2) is 0 Å². The van der Waals surface area contributed by atoms with Gasteiger partial charge in [0.05, 0.1) is 21.3 Å². The van der Waals surface area contributed by atoms with Crippen molar-refractivity contribution in [2.75, 3.05) is 21.3 Å². The van der Waals surface area contributed by atoms with Gasteiger partial charge < -0.3 is 18.8 Å². The largest absolute Gasteiger partial charge is 0.496 e. The summed E-state index contributed by atoms with van der Waals surface area (Å²) < 4.78 is 30.5. The van der Waals surface area contributed by atoms with Crippen LogP contribution in [0.25, 0.3) is 0 Å². The Morgan fingerprint density at radius 2 is 1.33 bits per heavy atom. The van der Waals surface area contributed by atoms with E-state index in [9.17, 15) is 14.2 Å². The Hall–Kier alpha value is -3.37. The predicted octanol–water partition coefficient (Wildman–Crippen LogP) is 5.88. The molecule has 0 bridgehead atoms. The summed E-state index contributed by atoms with van der Waals surface area (Å²) in [4.78, 5) is 27.2. The highest BCUT2D eigenvalue weighted by molar-refractivity contribution is 7.72. The molecule has 1 unspecified atom stereocenters. The Bertz CT molecular complexity index is 1310. The summed E-state index contributed by atoms with van der Waals surface area (Å²) in [7, 11) is 1.02. The lowest BCUT2D eigenvalue weighted by Crippen LogP contribution is -2.18. The number of methoxy groups -OCH3 is 3. The molecule has 36 heavy (non-hydrogen) atoms. The van der Waals surface area contributed by atoms with Crippen LogP contribution in [0.5, 0.6) is 17.2 Å². The first-order valence-corrected chi connectivity index (χ1v) is 13.0. The van der Waals surface area contributed by atoms with E-state index in [2.05, 4.69) is 20.8 Å². The zero-order valence-corrected chi connectivity index (χ0v) is 23.1. The first-order valence-electron chi connectivity index (χ1n) is 11.6. The standard InChI is InChI=1S/C29H33O6P/c1-17-14-20(29(3,4)5)15-18(2)23(17)28(31)36(32)27-22(34-7)16-21(33-6)24(26(27)35-8)25(30)19-12-10-9-11-13-19/h9-16,36H,1-8H3. The molecule has 1 atom stereocenters. The molecule has 3 aromatic rings. The number of hydrogen-bond donors (Lipinski definition) is 0. The monoisotopic (exact) mass is 508 g/mol. The highest BCUT2D eigenvalue weighted by atomic mass is 31.1. The van der Waals surface area contributed by atoms with E-state index in [1.165, 1.54) is 27.4 Å². The molecule has 3 aromatic carbocycles. The van der Waals surface area contributed by atoms with Crippen molar-refractivity contribution in [3.8, 4) is 17.2 Å². The number of ether oxygens (including phenoxy) is 3. The number of carbonyl (C=O) groups is 2. The average Bonchev–Trinajstić information content (AvgIpc) is 2.85. The third-order valence-corrected chi connectivity index (χ3v) is 7.77. The molecule has 0 aliphatic carbocycles. The minimum Gasteiger partial charge on any atom is -0.496 e. The third-order valence-electron chi connectivity index (χ3n) is 6.18. The summed E-state index contributed by atoms with van der Waals surface area (Å²) in [6, 6.07) is 14.0. The number of ketones is 1. The maximum atomic E-state index is 13.9. The van der Waals surface area contributed by atoms with Crippen LogP contribution < -0.4 is 19.5 Å². The molecule has 0 aliphatic rings. The van der Waals surface area contributed by atoms with Crippen LogP contribution in [-0.2, 0) is 9.98 Å². The van der Waals surface area contributed by atoms with Gasteiger partial charge in [0, 0.05) is 17.2 Å². The Balaban J connectivity index is 2.23. The molecule has 0 aliphatic heterocycles. The Labute approximate surface area is 213 Å². The fraction of sp³-hybridized carbons (Fsp3) is 0.310. The van der Waals surface area contributed by atoms with Crippen LogP contribution in [0.15, 0.2) is 48.5 Å². The van der Waals surface area contributed by atoms with Gasteiger partial charge in [0.25, 0.3) is 0 Å². The zero-order chi connectivity index (χ0) is 26.8. The second-order valence-corrected chi connectivity index (χ2v) is 11.3. The first-order chi connectivity index (χ1) is 17.0. The number of rotatable bonds is 8. The molecule has 7 heteroatoms. The number of hydrogen-bond acceptors (Lipinski definition) is 6. The SMILES string of the molecule is COc1cc(OC)c([PH](=O)C(=O)c2c(C)cc(C(C)(C)C)cc2C)c(OC)c1C(=O)c1ccccc1. The molecule has 0 radical (unpaired) electrons. The Morgan fingerprint density at radius 1 is 0.778 bits per heavy atom. The summed E-state index contributed by atoms with van der Waals surface area (Å²) in [5.74, 6) is -0.00568. The van der Waals surface area contributed by atoms with Crippen LogP contribution in [0.1, 0.15) is 63.7 Å². The quantitative estimate of drug-likeness (QED) is 0.279. The van der Waals surface area contributed by atoms with Gasteiger partial charge in [-0.1, -0.05) is 63.2 Å². The van der Waals surface area contributed by atoms with E-state index in [-0.39, 0.29) is 39.3 Å². The van der Waals surface area contributed by atoms with Crippen molar-refractivity contribution < 1.29 is 28.4 Å². The van der Waals surface area contributed by atoms with E-state index < -0.39 is 13.3 Å². The molecule has 6 nitrogen and oxygen atoms in total. The van der Waals surface area contributed by atoms with Crippen LogP contribution >= 0.6 is 7.80 Å². The second kappa shape index (κ2) is 10.7. The summed E-state index contributed by atoms with van der Waals surface area (Å²) in [5.41, 5.74) is 2.86. The molecule has 0 spiro atoms. The summed E-state index contributed by atoms with van der Waals surface area (Å²) in [6.07, 6.45) is 0. The third kappa shape index (κ3) is 5.10. The lowest BCUT2D eigenvalue weighted by atomic mass is 9.84. The van der Waals surface area contributed by atoms with E-state index in [1.54, 1.807) is 30.3 Å². The Morgan fingerprint density at radius 3 is 1.81 bits per heavy atom. The van der Waals surface area contributed by atoms with Gasteiger partial charge >= 0.3 is 0 Å². The number of carbonyl (C=O) groups excluding carboxylic acids is 2. The fourth-order valence-corrected chi connectivity index (χ4v) is 5.96. The van der Waals surface area contributed by atoms with E-state index >= 15 is 0 Å². The van der Waals surface area contributed by atoms with Gasteiger partial charge in [0.1, 0.15) is 28.1 Å². The molecule has 0 aromatic heterocycles. The molecule has 3 rings (SSSR count).